The van der Waals surface area contributed by atoms with E-state index < -0.39 is 0 Å². The summed E-state index contributed by atoms with van der Waals surface area (Å²) in [4.78, 5) is 18.1. The van der Waals surface area contributed by atoms with Crippen LogP contribution >= 0.6 is 31.9 Å². The number of ether oxygens (including phenoxy) is 2. The lowest BCUT2D eigenvalue weighted by Gasteiger charge is -2.15. The molecule has 0 fully saturated rings. The summed E-state index contributed by atoms with van der Waals surface area (Å²) >= 11 is 6.96. The molecule has 0 unspecified atom stereocenters. The van der Waals surface area contributed by atoms with Gasteiger partial charge in [0.25, 0.3) is 5.56 Å². The summed E-state index contributed by atoms with van der Waals surface area (Å²) in [5.74, 6) is 1.25. The summed E-state index contributed by atoms with van der Waals surface area (Å²) in [5, 5.41) is 5.00. The molecule has 0 saturated heterocycles. The molecule has 0 N–H and O–H groups in total. The van der Waals surface area contributed by atoms with Crippen LogP contribution in [0.2, 0.25) is 0 Å². The molecular weight excluding hydrogens is 593 g/mol. The fourth-order valence-corrected chi connectivity index (χ4v) is 4.58. The molecule has 1 atom stereocenters. The first kappa shape index (κ1) is 26.0. The zero-order valence-corrected chi connectivity index (χ0v) is 23.1. The Bertz CT molecular complexity index is 1500. The number of halogens is 3. The van der Waals surface area contributed by atoms with Crippen molar-refractivity contribution < 1.29 is 13.9 Å². The van der Waals surface area contributed by atoms with Gasteiger partial charge in [-0.05, 0) is 75.9 Å². The summed E-state index contributed by atoms with van der Waals surface area (Å²) in [6.07, 6.45) is 2.39. The Hall–Kier alpha value is -3.04. The van der Waals surface area contributed by atoms with E-state index in [4.69, 9.17) is 14.5 Å². The molecule has 0 aliphatic carbocycles. The first-order valence-electron chi connectivity index (χ1n) is 11.3. The fourth-order valence-electron chi connectivity index (χ4n) is 3.64. The number of fused-ring (bicyclic) bond motifs is 1. The van der Waals surface area contributed by atoms with Gasteiger partial charge in [-0.2, -0.15) is 9.78 Å². The summed E-state index contributed by atoms with van der Waals surface area (Å²) in [6, 6.07) is 15.2. The SMILES string of the molecule is CC[C@@H](C)c1nc2ccc(Br)cc2c(=O)n1N=Cc1cc(Br)c(OCc2cccc(F)c2)c(OC)c1. The molecule has 6 nitrogen and oxygen atoms in total. The van der Waals surface area contributed by atoms with Crippen molar-refractivity contribution in [1.82, 2.24) is 9.66 Å². The number of aromatic nitrogens is 2. The average molecular weight is 617 g/mol. The third kappa shape index (κ3) is 5.68. The number of hydrogen-bond donors (Lipinski definition) is 0. The van der Waals surface area contributed by atoms with Crippen LogP contribution < -0.4 is 15.0 Å². The van der Waals surface area contributed by atoms with Gasteiger partial charge in [-0.15, -0.1) is 0 Å². The Morgan fingerprint density at radius 1 is 1.17 bits per heavy atom. The second-order valence-corrected chi connectivity index (χ2v) is 10.0. The molecule has 4 rings (SSSR count). The summed E-state index contributed by atoms with van der Waals surface area (Å²) in [5.41, 5.74) is 1.78. The van der Waals surface area contributed by atoms with Gasteiger partial charge in [0.05, 0.1) is 28.7 Å². The van der Waals surface area contributed by atoms with Crippen molar-refractivity contribution in [3.63, 3.8) is 0 Å². The van der Waals surface area contributed by atoms with Crippen LogP contribution in [-0.4, -0.2) is 23.0 Å². The topological polar surface area (TPSA) is 65.7 Å². The largest absolute Gasteiger partial charge is 0.493 e. The second kappa shape index (κ2) is 11.3. The van der Waals surface area contributed by atoms with E-state index in [9.17, 15) is 9.18 Å². The number of hydrogen-bond acceptors (Lipinski definition) is 5. The maximum absolute atomic E-state index is 13.5. The lowest BCUT2D eigenvalue weighted by molar-refractivity contribution is 0.282. The zero-order valence-electron chi connectivity index (χ0n) is 20.0. The van der Waals surface area contributed by atoms with Gasteiger partial charge in [0.1, 0.15) is 18.2 Å². The minimum absolute atomic E-state index is 0.0303. The lowest BCUT2D eigenvalue weighted by atomic mass is 10.1. The van der Waals surface area contributed by atoms with E-state index in [2.05, 4.69) is 37.0 Å². The number of methoxy groups -OCH3 is 1. The van der Waals surface area contributed by atoms with Gasteiger partial charge in [-0.3, -0.25) is 4.79 Å². The molecular formula is C27H24Br2FN3O3. The Kier molecular flexibility index (Phi) is 8.21. The maximum atomic E-state index is 13.5. The number of benzene rings is 3. The Balaban J connectivity index is 1.70. The van der Waals surface area contributed by atoms with Crippen LogP contribution in [0.15, 0.2) is 73.4 Å². The van der Waals surface area contributed by atoms with Crippen molar-refractivity contribution in [1.29, 1.82) is 0 Å². The summed E-state index contributed by atoms with van der Waals surface area (Å²) in [6.45, 7) is 4.23. The molecule has 0 saturated carbocycles. The van der Waals surface area contributed by atoms with Crippen molar-refractivity contribution in [2.45, 2.75) is 32.8 Å². The standard InChI is InChI=1S/C27H24Br2FN3O3/c1-4-16(2)26-32-23-9-8-19(28)13-21(23)27(34)33(26)31-14-18-11-22(29)25(24(12-18)35-3)36-15-17-6-5-7-20(30)10-17/h5-14,16H,4,15H2,1-3H3/t16-/m1/s1. The van der Waals surface area contributed by atoms with Crippen molar-refractivity contribution in [3.8, 4) is 11.5 Å². The molecule has 9 heteroatoms. The van der Waals surface area contributed by atoms with Crippen LogP contribution in [0, 0.1) is 5.82 Å². The minimum Gasteiger partial charge on any atom is -0.493 e. The molecule has 0 amide bonds. The van der Waals surface area contributed by atoms with E-state index >= 15 is 0 Å². The highest BCUT2D eigenvalue weighted by atomic mass is 79.9. The molecule has 186 valence electrons. The van der Waals surface area contributed by atoms with Crippen LogP contribution in [0.25, 0.3) is 10.9 Å². The Labute approximate surface area is 225 Å². The fraction of sp³-hybridized carbons (Fsp3) is 0.222. The van der Waals surface area contributed by atoms with E-state index in [-0.39, 0.29) is 23.9 Å². The zero-order chi connectivity index (χ0) is 25.8. The van der Waals surface area contributed by atoms with E-state index in [1.807, 2.05) is 32.0 Å². The van der Waals surface area contributed by atoms with Crippen molar-refractivity contribution >= 4 is 49.0 Å². The predicted octanol–water partition coefficient (Wildman–Crippen LogP) is 7.04. The van der Waals surface area contributed by atoms with E-state index in [1.54, 1.807) is 30.5 Å². The number of rotatable bonds is 8. The van der Waals surface area contributed by atoms with Crippen molar-refractivity contribution in [2.75, 3.05) is 7.11 Å². The molecule has 0 aliphatic rings. The smallest absolute Gasteiger partial charge is 0.282 e. The Morgan fingerprint density at radius 2 is 1.97 bits per heavy atom. The van der Waals surface area contributed by atoms with Gasteiger partial charge in [-0.25, -0.2) is 9.37 Å². The van der Waals surface area contributed by atoms with Gasteiger partial charge in [0.15, 0.2) is 11.5 Å². The van der Waals surface area contributed by atoms with Crippen LogP contribution in [0.1, 0.15) is 43.1 Å². The molecule has 3 aromatic carbocycles. The molecule has 0 aliphatic heterocycles. The van der Waals surface area contributed by atoms with Gasteiger partial charge < -0.3 is 9.47 Å². The first-order chi connectivity index (χ1) is 17.3. The first-order valence-corrected chi connectivity index (χ1v) is 12.9. The van der Waals surface area contributed by atoms with Crippen molar-refractivity contribution in [3.05, 3.63) is 96.7 Å². The van der Waals surface area contributed by atoms with Gasteiger partial charge in [-0.1, -0.05) is 41.9 Å². The monoisotopic (exact) mass is 615 g/mol. The summed E-state index contributed by atoms with van der Waals surface area (Å²) in [7, 11) is 1.54. The molecule has 0 spiro atoms. The van der Waals surface area contributed by atoms with Crippen LogP contribution in [0.5, 0.6) is 11.5 Å². The van der Waals surface area contributed by atoms with Crippen LogP contribution in [0.3, 0.4) is 0 Å². The molecule has 0 radical (unpaired) electrons. The highest BCUT2D eigenvalue weighted by molar-refractivity contribution is 9.10. The van der Waals surface area contributed by atoms with Gasteiger partial charge >= 0.3 is 0 Å². The second-order valence-electron chi connectivity index (χ2n) is 8.26. The third-order valence-electron chi connectivity index (χ3n) is 5.73. The van der Waals surface area contributed by atoms with Crippen LogP contribution in [0.4, 0.5) is 4.39 Å². The van der Waals surface area contributed by atoms with Gasteiger partial charge in [0, 0.05) is 10.4 Å². The summed E-state index contributed by atoms with van der Waals surface area (Å²) < 4.78 is 27.7. The van der Waals surface area contributed by atoms with Crippen LogP contribution in [-0.2, 0) is 6.61 Å². The number of nitrogens with zero attached hydrogens (tertiary/aromatic N) is 3. The maximum Gasteiger partial charge on any atom is 0.282 e. The third-order valence-corrected chi connectivity index (χ3v) is 6.82. The molecule has 4 aromatic rings. The molecule has 36 heavy (non-hydrogen) atoms. The average Bonchev–Trinajstić information content (AvgIpc) is 2.87. The van der Waals surface area contributed by atoms with E-state index in [0.29, 0.717) is 43.8 Å². The highest BCUT2D eigenvalue weighted by Gasteiger charge is 2.16. The predicted molar refractivity (Wildman–Crippen MR) is 147 cm³/mol. The van der Waals surface area contributed by atoms with E-state index in [0.717, 1.165) is 10.9 Å². The lowest BCUT2D eigenvalue weighted by Crippen LogP contribution is -2.23. The minimum atomic E-state index is -0.323. The molecule has 1 aromatic heterocycles. The van der Waals surface area contributed by atoms with Crippen molar-refractivity contribution in [2.24, 2.45) is 5.10 Å². The Morgan fingerprint density at radius 3 is 2.69 bits per heavy atom. The van der Waals surface area contributed by atoms with Gasteiger partial charge in [0.2, 0.25) is 0 Å². The molecule has 0 bridgehead atoms. The normalized spacial score (nSPS) is 12.3. The van der Waals surface area contributed by atoms with E-state index in [1.165, 1.54) is 23.9 Å². The quantitative estimate of drug-likeness (QED) is 0.199. The highest BCUT2D eigenvalue weighted by Crippen LogP contribution is 2.37. The molecule has 1 heterocycles.